The van der Waals surface area contributed by atoms with E-state index in [1.807, 2.05) is 0 Å². The van der Waals surface area contributed by atoms with Gasteiger partial charge in [0.2, 0.25) is 0 Å². The molecule has 0 unspecified atom stereocenters. The van der Waals surface area contributed by atoms with Gasteiger partial charge < -0.3 is 9.84 Å². The van der Waals surface area contributed by atoms with Crippen molar-refractivity contribution in [1.82, 2.24) is 5.16 Å². The van der Waals surface area contributed by atoms with Gasteiger partial charge in [-0.05, 0) is 55.4 Å². The SMILES string of the molecule is CC(C)(C)[C@@H]1CCc2onc(C(=O)Nc3sc4c(c3C#N)CCCC4)c2C1. The Hall–Kier alpha value is -2.13. The molecule has 6 heteroatoms. The van der Waals surface area contributed by atoms with Crippen molar-refractivity contribution in [2.75, 3.05) is 5.32 Å². The van der Waals surface area contributed by atoms with Crippen LogP contribution in [0.3, 0.4) is 0 Å². The minimum Gasteiger partial charge on any atom is -0.360 e. The fraction of sp³-hybridized carbons (Fsp3) is 0.571. The summed E-state index contributed by atoms with van der Waals surface area (Å²) in [5.74, 6) is 1.08. The van der Waals surface area contributed by atoms with Crippen LogP contribution in [0, 0.1) is 22.7 Å². The van der Waals surface area contributed by atoms with Gasteiger partial charge in [0.05, 0.1) is 5.56 Å². The molecule has 0 saturated heterocycles. The predicted molar refractivity (Wildman–Crippen MR) is 105 cm³/mol. The number of rotatable bonds is 2. The van der Waals surface area contributed by atoms with E-state index in [1.54, 1.807) is 11.3 Å². The van der Waals surface area contributed by atoms with Crippen molar-refractivity contribution < 1.29 is 9.32 Å². The smallest absolute Gasteiger partial charge is 0.278 e. The monoisotopic (exact) mass is 383 g/mol. The van der Waals surface area contributed by atoms with Gasteiger partial charge in [0, 0.05) is 16.9 Å². The molecule has 0 aromatic carbocycles. The molecule has 1 atom stereocenters. The molecule has 1 amide bonds. The fourth-order valence-electron chi connectivity index (χ4n) is 4.26. The lowest BCUT2D eigenvalue weighted by molar-refractivity contribution is 0.101. The number of aryl methyl sites for hydroxylation is 2. The van der Waals surface area contributed by atoms with Crippen molar-refractivity contribution >= 4 is 22.2 Å². The molecule has 2 aromatic heterocycles. The molecular weight excluding hydrogens is 358 g/mol. The standard InChI is InChI=1S/C21H25N3O2S/c1-21(2,3)12-8-9-16-14(10-12)18(24-26-16)19(25)23-20-15(11-22)13-6-4-5-7-17(13)27-20/h12H,4-10H2,1-3H3,(H,23,25)/t12-/m1/s1. The van der Waals surface area contributed by atoms with E-state index in [0.717, 1.165) is 61.8 Å². The third-order valence-electron chi connectivity index (χ3n) is 5.99. The van der Waals surface area contributed by atoms with Crippen LogP contribution in [0.1, 0.15) is 77.8 Å². The highest BCUT2D eigenvalue weighted by Gasteiger charge is 2.34. The van der Waals surface area contributed by atoms with Gasteiger partial charge in [-0.2, -0.15) is 5.26 Å². The summed E-state index contributed by atoms with van der Waals surface area (Å²) in [5.41, 5.74) is 3.27. The molecule has 142 valence electrons. The minimum atomic E-state index is -0.260. The van der Waals surface area contributed by atoms with E-state index in [-0.39, 0.29) is 11.3 Å². The molecule has 2 aromatic rings. The van der Waals surface area contributed by atoms with E-state index in [0.29, 0.717) is 22.2 Å². The highest BCUT2D eigenvalue weighted by molar-refractivity contribution is 7.16. The summed E-state index contributed by atoms with van der Waals surface area (Å²) in [6, 6.07) is 2.30. The van der Waals surface area contributed by atoms with E-state index in [9.17, 15) is 10.1 Å². The topological polar surface area (TPSA) is 78.9 Å². The van der Waals surface area contributed by atoms with Crippen LogP contribution in [0.5, 0.6) is 0 Å². The van der Waals surface area contributed by atoms with Crippen LogP contribution >= 0.6 is 11.3 Å². The number of hydrogen-bond donors (Lipinski definition) is 1. The lowest BCUT2D eigenvalue weighted by Crippen LogP contribution is -2.27. The third kappa shape index (κ3) is 3.29. The predicted octanol–water partition coefficient (Wildman–Crippen LogP) is 4.89. The first-order valence-corrected chi connectivity index (χ1v) is 10.5. The quantitative estimate of drug-likeness (QED) is 0.801. The van der Waals surface area contributed by atoms with Crippen molar-refractivity contribution in [2.24, 2.45) is 11.3 Å². The van der Waals surface area contributed by atoms with Crippen molar-refractivity contribution in [1.29, 1.82) is 5.26 Å². The van der Waals surface area contributed by atoms with Gasteiger partial charge in [-0.25, -0.2) is 0 Å². The van der Waals surface area contributed by atoms with Crippen LogP contribution in [0.25, 0.3) is 0 Å². The molecule has 0 radical (unpaired) electrons. The molecule has 27 heavy (non-hydrogen) atoms. The van der Waals surface area contributed by atoms with Gasteiger partial charge in [-0.15, -0.1) is 11.3 Å². The van der Waals surface area contributed by atoms with Crippen molar-refractivity contribution in [2.45, 2.75) is 65.7 Å². The number of nitrogens with one attached hydrogen (secondary N) is 1. The van der Waals surface area contributed by atoms with Crippen molar-refractivity contribution in [3.8, 4) is 6.07 Å². The van der Waals surface area contributed by atoms with E-state index in [2.05, 4.69) is 37.3 Å². The molecule has 4 rings (SSSR count). The Bertz CT molecular complexity index is 927. The summed E-state index contributed by atoms with van der Waals surface area (Å²) in [6.45, 7) is 6.72. The van der Waals surface area contributed by atoms with Gasteiger partial charge in [0.1, 0.15) is 16.8 Å². The molecule has 0 bridgehead atoms. The maximum atomic E-state index is 12.9. The van der Waals surface area contributed by atoms with Crippen LogP contribution in [-0.4, -0.2) is 11.1 Å². The Kier molecular flexibility index (Phi) is 4.59. The molecule has 2 aliphatic carbocycles. The lowest BCUT2D eigenvalue weighted by atomic mass is 9.71. The summed E-state index contributed by atoms with van der Waals surface area (Å²) in [7, 11) is 0. The second-order valence-electron chi connectivity index (χ2n) is 8.72. The molecule has 0 fully saturated rings. The van der Waals surface area contributed by atoms with Crippen LogP contribution in [0.15, 0.2) is 4.52 Å². The minimum absolute atomic E-state index is 0.184. The molecule has 2 aliphatic rings. The van der Waals surface area contributed by atoms with Crippen LogP contribution < -0.4 is 5.32 Å². The largest absolute Gasteiger partial charge is 0.360 e. The van der Waals surface area contributed by atoms with E-state index >= 15 is 0 Å². The van der Waals surface area contributed by atoms with E-state index in [4.69, 9.17) is 4.52 Å². The highest BCUT2D eigenvalue weighted by atomic mass is 32.1. The first kappa shape index (κ1) is 18.2. The number of amides is 1. The second-order valence-corrected chi connectivity index (χ2v) is 9.82. The Morgan fingerprint density at radius 2 is 2.04 bits per heavy atom. The van der Waals surface area contributed by atoms with Crippen molar-refractivity contribution in [3.63, 3.8) is 0 Å². The Morgan fingerprint density at radius 3 is 2.78 bits per heavy atom. The lowest BCUT2D eigenvalue weighted by Gasteiger charge is -2.33. The number of nitrogens with zero attached hydrogens (tertiary/aromatic N) is 2. The van der Waals surface area contributed by atoms with Gasteiger partial charge in [0.25, 0.3) is 5.91 Å². The molecule has 5 nitrogen and oxygen atoms in total. The zero-order valence-corrected chi connectivity index (χ0v) is 17.0. The molecule has 1 N–H and O–H groups in total. The maximum absolute atomic E-state index is 12.9. The molecule has 2 heterocycles. The third-order valence-corrected chi connectivity index (χ3v) is 7.20. The van der Waals surface area contributed by atoms with Crippen LogP contribution in [-0.2, 0) is 25.7 Å². The number of thiophene rings is 1. The number of aromatic nitrogens is 1. The van der Waals surface area contributed by atoms with Gasteiger partial charge >= 0.3 is 0 Å². The van der Waals surface area contributed by atoms with E-state index in [1.165, 1.54) is 4.88 Å². The number of fused-ring (bicyclic) bond motifs is 2. The first-order valence-electron chi connectivity index (χ1n) is 9.72. The number of carbonyl (C=O) groups is 1. The summed E-state index contributed by atoms with van der Waals surface area (Å²) in [5, 5.41) is 17.3. The zero-order valence-electron chi connectivity index (χ0n) is 16.1. The number of hydrogen-bond acceptors (Lipinski definition) is 5. The summed E-state index contributed by atoms with van der Waals surface area (Å²) >= 11 is 1.54. The summed E-state index contributed by atoms with van der Waals surface area (Å²) in [4.78, 5) is 14.2. The normalized spacial score (nSPS) is 19.1. The fourth-order valence-corrected chi connectivity index (χ4v) is 5.49. The van der Waals surface area contributed by atoms with E-state index < -0.39 is 0 Å². The highest BCUT2D eigenvalue weighted by Crippen LogP contribution is 2.40. The first-order chi connectivity index (χ1) is 12.9. The Labute approximate surface area is 163 Å². The number of nitriles is 1. The molecule has 0 aliphatic heterocycles. The van der Waals surface area contributed by atoms with Crippen LogP contribution in [0.4, 0.5) is 5.00 Å². The molecule has 0 saturated carbocycles. The maximum Gasteiger partial charge on any atom is 0.278 e. The van der Waals surface area contributed by atoms with Gasteiger partial charge in [0.15, 0.2) is 5.69 Å². The summed E-state index contributed by atoms with van der Waals surface area (Å²) in [6.07, 6.45) is 6.89. The summed E-state index contributed by atoms with van der Waals surface area (Å²) < 4.78 is 5.47. The average molecular weight is 384 g/mol. The number of carbonyl (C=O) groups excluding carboxylic acids is 1. The zero-order chi connectivity index (χ0) is 19.2. The number of anilines is 1. The van der Waals surface area contributed by atoms with Gasteiger partial charge in [-0.1, -0.05) is 25.9 Å². The Morgan fingerprint density at radius 1 is 1.26 bits per heavy atom. The Balaban J connectivity index is 1.60. The second kappa shape index (κ2) is 6.79. The van der Waals surface area contributed by atoms with Crippen molar-refractivity contribution in [3.05, 3.63) is 33.0 Å². The molecule has 0 spiro atoms. The average Bonchev–Trinajstić information content (AvgIpc) is 3.20. The van der Waals surface area contributed by atoms with Gasteiger partial charge in [-0.3, -0.25) is 4.79 Å². The molecular formula is C21H25N3O2S. The van der Waals surface area contributed by atoms with Crippen LogP contribution in [0.2, 0.25) is 0 Å².